The number of nitrogens with zero attached hydrogens (tertiary/aromatic N) is 4. The van der Waals surface area contributed by atoms with Crippen molar-refractivity contribution in [2.75, 3.05) is 6.54 Å². The highest BCUT2D eigenvalue weighted by atomic mass is 15.5. The highest BCUT2D eigenvalue weighted by Crippen LogP contribution is 2.36. The zero-order valence-electron chi connectivity index (χ0n) is 15.4. The minimum absolute atomic E-state index is 0.326. The Balaban J connectivity index is 1.80. The second-order valence-electron chi connectivity index (χ2n) is 7.31. The van der Waals surface area contributed by atoms with Crippen LogP contribution in [0.2, 0.25) is 0 Å². The summed E-state index contributed by atoms with van der Waals surface area (Å²) < 4.78 is 1.95. The Bertz CT molecular complexity index is 858. The second-order valence-corrected chi connectivity index (χ2v) is 7.31. The standard InChI is InChI=1S/C21H25N5/c1-16-12-17(2)14-19(13-16)21(10-6-7-11-22-21)20-23-24-25-26(20)15-18-8-4-3-5-9-18/h3-5,8-9,12-14,22H,6-7,10-11,15H2,1-2H3. The van der Waals surface area contributed by atoms with Gasteiger partial charge in [-0.1, -0.05) is 59.7 Å². The van der Waals surface area contributed by atoms with Gasteiger partial charge in [0.25, 0.3) is 0 Å². The van der Waals surface area contributed by atoms with E-state index in [4.69, 9.17) is 0 Å². The van der Waals surface area contributed by atoms with Crippen LogP contribution < -0.4 is 5.32 Å². The molecule has 5 heteroatoms. The number of tetrazole rings is 1. The van der Waals surface area contributed by atoms with E-state index in [1.165, 1.54) is 28.7 Å². The highest BCUT2D eigenvalue weighted by molar-refractivity contribution is 5.38. The molecule has 1 aliphatic rings. The van der Waals surface area contributed by atoms with Crippen LogP contribution >= 0.6 is 0 Å². The Hall–Kier alpha value is -2.53. The van der Waals surface area contributed by atoms with Crippen molar-refractivity contribution in [2.45, 2.75) is 45.2 Å². The van der Waals surface area contributed by atoms with Crippen molar-refractivity contribution in [3.8, 4) is 0 Å². The normalized spacial score (nSPS) is 20.2. The van der Waals surface area contributed by atoms with E-state index in [0.717, 1.165) is 25.2 Å². The molecule has 26 heavy (non-hydrogen) atoms. The number of aryl methyl sites for hydroxylation is 2. The summed E-state index contributed by atoms with van der Waals surface area (Å²) in [5.41, 5.74) is 4.68. The largest absolute Gasteiger partial charge is 0.301 e. The molecule has 0 amide bonds. The quantitative estimate of drug-likeness (QED) is 0.786. The van der Waals surface area contributed by atoms with Crippen LogP contribution in [0.15, 0.2) is 48.5 Å². The minimum Gasteiger partial charge on any atom is -0.301 e. The first-order chi connectivity index (χ1) is 12.7. The van der Waals surface area contributed by atoms with Gasteiger partial charge in [-0.05, 0) is 61.2 Å². The summed E-state index contributed by atoms with van der Waals surface area (Å²) in [5, 5.41) is 16.6. The highest BCUT2D eigenvalue weighted by Gasteiger charge is 2.40. The first kappa shape index (κ1) is 16.9. The first-order valence-electron chi connectivity index (χ1n) is 9.32. The molecule has 0 aliphatic carbocycles. The van der Waals surface area contributed by atoms with E-state index in [1.54, 1.807) is 0 Å². The zero-order valence-corrected chi connectivity index (χ0v) is 15.4. The van der Waals surface area contributed by atoms with Crippen molar-refractivity contribution < 1.29 is 0 Å². The lowest BCUT2D eigenvalue weighted by atomic mass is 9.80. The summed E-state index contributed by atoms with van der Waals surface area (Å²) >= 11 is 0. The topological polar surface area (TPSA) is 55.6 Å². The Kier molecular flexibility index (Phi) is 4.55. The van der Waals surface area contributed by atoms with Crippen LogP contribution in [0.5, 0.6) is 0 Å². The van der Waals surface area contributed by atoms with Crippen molar-refractivity contribution >= 4 is 0 Å². The van der Waals surface area contributed by atoms with Crippen LogP contribution in [-0.2, 0) is 12.1 Å². The zero-order chi connectivity index (χ0) is 18.0. The van der Waals surface area contributed by atoms with Gasteiger partial charge in [0, 0.05) is 0 Å². The summed E-state index contributed by atoms with van der Waals surface area (Å²) in [6.45, 7) is 5.96. The molecule has 4 rings (SSSR count). The second kappa shape index (κ2) is 7.00. The molecule has 2 heterocycles. The molecule has 0 radical (unpaired) electrons. The van der Waals surface area contributed by atoms with Crippen molar-refractivity contribution in [1.82, 2.24) is 25.5 Å². The fourth-order valence-electron chi connectivity index (χ4n) is 4.07. The number of hydrogen-bond acceptors (Lipinski definition) is 4. The van der Waals surface area contributed by atoms with Gasteiger partial charge in [0.1, 0.15) is 5.54 Å². The molecule has 0 saturated carbocycles. The summed E-state index contributed by atoms with van der Waals surface area (Å²) in [5.74, 6) is 0.908. The molecule has 134 valence electrons. The van der Waals surface area contributed by atoms with E-state index >= 15 is 0 Å². The van der Waals surface area contributed by atoms with E-state index in [9.17, 15) is 0 Å². The molecule has 1 unspecified atom stereocenters. The van der Waals surface area contributed by atoms with Gasteiger partial charge in [0.05, 0.1) is 6.54 Å². The van der Waals surface area contributed by atoms with Gasteiger partial charge < -0.3 is 5.32 Å². The summed E-state index contributed by atoms with van der Waals surface area (Å²) in [7, 11) is 0. The van der Waals surface area contributed by atoms with Gasteiger partial charge in [-0.3, -0.25) is 0 Å². The van der Waals surface area contributed by atoms with Crippen molar-refractivity contribution in [3.63, 3.8) is 0 Å². The molecule has 1 saturated heterocycles. The van der Waals surface area contributed by atoms with Gasteiger partial charge in [0.2, 0.25) is 0 Å². The molecule has 1 N–H and O–H groups in total. The molecule has 1 aromatic heterocycles. The van der Waals surface area contributed by atoms with Gasteiger partial charge in [-0.15, -0.1) is 5.10 Å². The summed E-state index contributed by atoms with van der Waals surface area (Å²) in [4.78, 5) is 0. The lowest BCUT2D eigenvalue weighted by molar-refractivity contribution is 0.284. The predicted octanol–water partition coefficient (Wildman–Crippen LogP) is 3.36. The maximum atomic E-state index is 4.48. The average Bonchev–Trinajstić information content (AvgIpc) is 3.11. The predicted molar refractivity (Wildman–Crippen MR) is 102 cm³/mol. The van der Waals surface area contributed by atoms with Crippen molar-refractivity contribution in [1.29, 1.82) is 0 Å². The maximum Gasteiger partial charge on any atom is 0.176 e. The Morgan fingerprint density at radius 3 is 2.50 bits per heavy atom. The molecule has 1 fully saturated rings. The minimum atomic E-state index is -0.326. The Morgan fingerprint density at radius 1 is 1.04 bits per heavy atom. The molecular weight excluding hydrogens is 322 g/mol. The SMILES string of the molecule is Cc1cc(C)cc(C2(c3nnnn3Cc3ccccc3)CCCCN2)c1. The number of rotatable bonds is 4. The van der Waals surface area contributed by atoms with Gasteiger partial charge >= 0.3 is 0 Å². The van der Waals surface area contributed by atoms with Crippen molar-refractivity contribution in [3.05, 3.63) is 76.6 Å². The molecule has 1 atom stereocenters. The van der Waals surface area contributed by atoms with Gasteiger partial charge in [0.15, 0.2) is 5.82 Å². The average molecular weight is 347 g/mol. The van der Waals surface area contributed by atoms with E-state index in [1.807, 2.05) is 10.7 Å². The molecule has 2 aromatic carbocycles. The lowest BCUT2D eigenvalue weighted by Gasteiger charge is -2.38. The number of piperidine rings is 1. The van der Waals surface area contributed by atoms with E-state index in [2.05, 4.69) is 77.2 Å². The van der Waals surface area contributed by atoms with Crippen LogP contribution in [0.4, 0.5) is 0 Å². The maximum absolute atomic E-state index is 4.48. The van der Waals surface area contributed by atoms with Crippen molar-refractivity contribution in [2.24, 2.45) is 0 Å². The molecule has 0 bridgehead atoms. The number of benzene rings is 2. The van der Waals surface area contributed by atoms with Crippen LogP contribution in [-0.4, -0.2) is 26.8 Å². The van der Waals surface area contributed by atoms with E-state index in [-0.39, 0.29) is 5.54 Å². The summed E-state index contributed by atoms with van der Waals surface area (Å²) in [6.07, 6.45) is 3.36. The fourth-order valence-corrected chi connectivity index (χ4v) is 4.07. The van der Waals surface area contributed by atoms with E-state index < -0.39 is 0 Å². The Morgan fingerprint density at radius 2 is 1.81 bits per heavy atom. The number of nitrogens with one attached hydrogen (secondary N) is 1. The molecular formula is C21H25N5. The molecule has 5 nitrogen and oxygen atoms in total. The van der Waals surface area contributed by atoms with Gasteiger partial charge in [-0.25, -0.2) is 4.68 Å². The van der Waals surface area contributed by atoms with Crippen LogP contribution in [0.3, 0.4) is 0 Å². The molecule has 3 aromatic rings. The Labute approximate surface area is 154 Å². The van der Waals surface area contributed by atoms with Crippen LogP contribution in [0, 0.1) is 13.8 Å². The monoisotopic (exact) mass is 347 g/mol. The van der Waals surface area contributed by atoms with E-state index in [0.29, 0.717) is 6.54 Å². The molecule has 0 spiro atoms. The van der Waals surface area contributed by atoms with Crippen LogP contribution in [0.1, 0.15) is 47.3 Å². The van der Waals surface area contributed by atoms with Gasteiger partial charge in [-0.2, -0.15) is 0 Å². The summed E-state index contributed by atoms with van der Waals surface area (Å²) in [6, 6.07) is 17.1. The third kappa shape index (κ3) is 3.15. The fraction of sp³-hybridized carbons (Fsp3) is 0.381. The van der Waals surface area contributed by atoms with Crippen LogP contribution in [0.25, 0.3) is 0 Å². The number of aromatic nitrogens is 4. The molecule has 1 aliphatic heterocycles. The first-order valence-corrected chi connectivity index (χ1v) is 9.32. The smallest absolute Gasteiger partial charge is 0.176 e. The third-order valence-corrected chi connectivity index (χ3v) is 5.21. The third-order valence-electron chi connectivity index (χ3n) is 5.21. The lowest BCUT2D eigenvalue weighted by Crippen LogP contribution is -2.49. The number of hydrogen-bond donors (Lipinski definition) is 1.